The molecule has 0 fully saturated rings. The van der Waals surface area contributed by atoms with Gasteiger partial charge in [-0.3, -0.25) is 9.59 Å². The molecule has 0 unspecified atom stereocenters. The molecule has 9 nitrogen and oxygen atoms in total. The number of rotatable bonds is 9. The number of amides is 1. The van der Waals surface area contributed by atoms with Gasteiger partial charge < -0.3 is 25.6 Å². The summed E-state index contributed by atoms with van der Waals surface area (Å²) in [6, 6.07) is 5.89. The Bertz CT molecular complexity index is 1080. The van der Waals surface area contributed by atoms with E-state index < -0.39 is 23.5 Å². The summed E-state index contributed by atoms with van der Waals surface area (Å²) < 4.78 is 23.6. The summed E-state index contributed by atoms with van der Waals surface area (Å²) >= 11 is 0.936. The first-order chi connectivity index (χ1) is 14.3. The maximum Gasteiger partial charge on any atom is 0.255 e. The van der Waals surface area contributed by atoms with Crippen molar-refractivity contribution >= 4 is 39.7 Å². The second kappa shape index (κ2) is 8.74. The molecule has 0 saturated carbocycles. The molecule has 0 bridgehead atoms. The lowest BCUT2D eigenvalue weighted by atomic mass is 10.2. The average Bonchev–Trinajstić information content (AvgIpc) is 3.34. The van der Waals surface area contributed by atoms with Gasteiger partial charge in [0, 0.05) is 5.69 Å². The van der Waals surface area contributed by atoms with Crippen molar-refractivity contribution in [3.8, 4) is 5.88 Å². The van der Waals surface area contributed by atoms with Gasteiger partial charge in [0.25, 0.3) is 5.88 Å². The third kappa shape index (κ3) is 4.30. The molecule has 1 aromatic carbocycles. The SMILES string of the molecule is C=CCOc1cc(C(=O)c2sc(N(c3ccc(F)cc3)[C@H](C)C(N)=O)nc2N)on1. The molecule has 0 aliphatic heterocycles. The fraction of sp³-hybridized carbons (Fsp3) is 0.158. The molecule has 0 aliphatic rings. The van der Waals surface area contributed by atoms with Gasteiger partial charge in [0.2, 0.25) is 17.5 Å². The zero-order chi connectivity index (χ0) is 21.8. The lowest BCUT2D eigenvalue weighted by molar-refractivity contribution is -0.118. The van der Waals surface area contributed by atoms with Crippen molar-refractivity contribution in [2.75, 3.05) is 17.2 Å². The van der Waals surface area contributed by atoms with Crippen LogP contribution < -0.4 is 21.1 Å². The molecule has 2 heterocycles. The number of anilines is 3. The summed E-state index contributed by atoms with van der Waals surface area (Å²) in [7, 11) is 0. The lowest BCUT2D eigenvalue weighted by Crippen LogP contribution is -2.39. The topological polar surface area (TPSA) is 138 Å². The van der Waals surface area contributed by atoms with Gasteiger partial charge in [-0.25, -0.2) is 9.37 Å². The Morgan fingerprint density at radius 3 is 2.73 bits per heavy atom. The highest BCUT2D eigenvalue weighted by molar-refractivity contribution is 7.18. The molecule has 4 N–H and O–H groups in total. The number of carbonyl (C=O) groups is 2. The second-order valence-electron chi connectivity index (χ2n) is 6.09. The van der Waals surface area contributed by atoms with Crippen molar-refractivity contribution in [1.82, 2.24) is 10.1 Å². The zero-order valence-corrected chi connectivity index (χ0v) is 16.7. The summed E-state index contributed by atoms with van der Waals surface area (Å²) in [6.45, 7) is 5.28. The highest BCUT2D eigenvalue weighted by Gasteiger charge is 2.28. The lowest BCUT2D eigenvalue weighted by Gasteiger charge is -2.26. The molecule has 0 saturated heterocycles. The van der Waals surface area contributed by atoms with Gasteiger partial charge in [-0.1, -0.05) is 24.0 Å². The molecule has 1 amide bonds. The van der Waals surface area contributed by atoms with Gasteiger partial charge in [0.15, 0.2) is 5.13 Å². The van der Waals surface area contributed by atoms with E-state index in [1.54, 1.807) is 6.92 Å². The maximum absolute atomic E-state index is 13.3. The van der Waals surface area contributed by atoms with Crippen LogP contribution in [0.4, 0.5) is 21.0 Å². The van der Waals surface area contributed by atoms with Crippen LogP contribution in [0.15, 0.2) is 47.5 Å². The molecule has 1 atom stereocenters. The third-order valence-electron chi connectivity index (χ3n) is 4.02. The van der Waals surface area contributed by atoms with E-state index in [0.717, 1.165) is 11.3 Å². The number of thiazole rings is 1. The van der Waals surface area contributed by atoms with E-state index in [-0.39, 0.29) is 34.1 Å². The van der Waals surface area contributed by atoms with Crippen LogP contribution in [0.25, 0.3) is 0 Å². The number of carbonyl (C=O) groups excluding carboxylic acids is 2. The summed E-state index contributed by atoms with van der Waals surface area (Å²) in [5.41, 5.74) is 11.9. The number of ether oxygens (including phenoxy) is 1. The highest BCUT2D eigenvalue weighted by Crippen LogP contribution is 2.36. The van der Waals surface area contributed by atoms with E-state index in [1.807, 2.05) is 0 Å². The first-order valence-corrected chi connectivity index (χ1v) is 9.49. The average molecular weight is 431 g/mol. The van der Waals surface area contributed by atoms with Crippen LogP contribution in [0, 0.1) is 5.82 Å². The number of hydrogen-bond donors (Lipinski definition) is 2. The molecule has 30 heavy (non-hydrogen) atoms. The number of ketones is 1. The van der Waals surface area contributed by atoms with Crippen molar-refractivity contribution < 1.29 is 23.2 Å². The minimum atomic E-state index is -0.840. The predicted molar refractivity (Wildman–Crippen MR) is 109 cm³/mol. The Morgan fingerprint density at radius 1 is 1.40 bits per heavy atom. The van der Waals surface area contributed by atoms with E-state index in [9.17, 15) is 14.0 Å². The van der Waals surface area contributed by atoms with Gasteiger partial charge in [0.05, 0.1) is 6.07 Å². The molecule has 0 spiro atoms. The van der Waals surface area contributed by atoms with Crippen molar-refractivity contribution in [2.45, 2.75) is 13.0 Å². The van der Waals surface area contributed by atoms with Crippen LogP contribution in [-0.2, 0) is 4.79 Å². The molecule has 2 aromatic heterocycles. The summed E-state index contributed by atoms with van der Waals surface area (Å²) in [6.07, 6.45) is 1.52. The molecular weight excluding hydrogens is 413 g/mol. The number of hydrogen-bond acceptors (Lipinski definition) is 9. The molecule has 156 valence electrons. The number of benzene rings is 1. The fourth-order valence-electron chi connectivity index (χ4n) is 2.50. The zero-order valence-electron chi connectivity index (χ0n) is 15.9. The number of aromatic nitrogens is 2. The number of halogens is 1. The Hall–Kier alpha value is -3.73. The first kappa shape index (κ1) is 21.0. The monoisotopic (exact) mass is 431 g/mol. The number of nitrogen functional groups attached to an aromatic ring is 1. The van der Waals surface area contributed by atoms with Crippen molar-refractivity contribution in [3.63, 3.8) is 0 Å². The van der Waals surface area contributed by atoms with Crippen LogP contribution >= 0.6 is 11.3 Å². The van der Waals surface area contributed by atoms with Crippen molar-refractivity contribution in [3.05, 3.63) is 59.4 Å². The van der Waals surface area contributed by atoms with Crippen LogP contribution in [0.1, 0.15) is 22.4 Å². The highest BCUT2D eigenvalue weighted by atomic mass is 32.1. The largest absolute Gasteiger partial charge is 0.471 e. The summed E-state index contributed by atoms with van der Waals surface area (Å²) in [4.78, 5) is 30.4. The van der Waals surface area contributed by atoms with Gasteiger partial charge in [-0.05, 0) is 36.3 Å². The van der Waals surface area contributed by atoms with Crippen LogP contribution in [-0.4, -0.2) is 34.5 Å². The Kier molecular flexibility index (Phi) is 6.11. The predicted octanol–water partition coefficient (Wildman–Crippen LogP) is 2.66. The standard InChI is InChI=1S/C19H18FN5O4S/c1-3-8-28-14-9-13(29-24-14)15(26)16-17(21)23-19(30-16)25(10(2)18(22)27)12-6-4-11(20)5-7-12/h3-7,9-10H,1,8,21H2,2H3,(H2,22,27)/t10-/m1/s1. The molecule has 0 radical (unpaired) electrons. The Labute approximate surface area is 174 Å². The van der Waals surface area contributed by atoms with Crippen LogP contribution in [0.3, 0.4) is 0 Å². The number of nitrogens with two attached hydrogens (primary N) is 2. The van der Waals surface area contributed by atoms with E-state index in [1.165, 1.54) is 41.3 Å². The number of nitrogens with zero attached hydrogens (tertiary/aromatic N) is 3. The van der Waals surface area contributed by atoms with Crippen LogP contribution in [0.2, 0.25) is 0 Å². The van der Waals surface area contributed by atoms with Gasteiger partial charge in [-0.2, -0.15) is 0 Å². The fourth-order valence-corrected chi connectivity index (χ4v) is 3.54. The molecule has 3 rings (SSSR count). The van der Waals surface area contributed by atoms with Crippen molar-refractivity contribution in [1.29, 1.82) is 0 Å². The minimum absolute atomic E-state index is 0.0614. The third-order valence-corrected chi connectivity index (χ3v) is 5.09. The minimum Gasteiger partial charge on any atom is -0.471 e. The molecule has 3 aromatic rings. The van der Waals surface area contributed by atoms with Crippen molar-refractivity contribution in [2.24, 2.45) is 5.73 Å². The van der Waals surface area contributed by atoms with E-state index in [4.69, 9.17) is 20.7 Å². The van der Waals surface area contributed by atoms with E-state index in [2.05, 4.69) is 16.7 Å². The number of primary amides is 1. The van der Waals surface area contributed by atoms with Gasteiger partial charge in [0.1, 0.15) is 29.2 Å². The molecule has 11 heteroatoms. The Balaban J connectivity index is 1.96. The van der Waals surface area contributed by atoms with E-state index in [0.29, 0.717) is 5.69 Å². The second-order valence-corrected chi connectivity index (χ2v) is 7.07. The normalized spacial score (nSPS) is 11.7. The summed E-state index contributed by atoms with van der Waals surface area (Å²) in [5.74, 6) is -1.67. The van der Waals surface area contributed by atoms with Gasteiger partial charge in [-0.15, -0.1) is 0 Å². The first-order valence-electron chi connectivity index (χ1n) is 8.67. The molecule has 0 aliphatic carbocycles. The van der Waals surface area contributed by atoms with Gasteiger partial charge >= 0.3 is 0 Å². The molecular formula is C19H18FN5O4S. The summed E-state index contributed by atoms with van der Waals surface area (Å²) in [5, 5.41) is 3.88. The smallest absolute Gasteiger partial charge is 0.255 e. The maximum atomic E-state index is 13.3. The Morgan fingerprint density at radius 2 is 2.10 bits per heavy atom. The quantitative estimate of drug-likeness (QED) is 0.390. The van der Waals surface area contributed by atoms with Crippen LogP contribution in [0.5, 0.6) is 5.88 Å². The van der Waals surface area contributed by atoms with E-state index >= 15 is 0 Å².